The van der Waals surface area contributed by atoms with Gasteiger partial charge in [0.25, 0.3) is 5.91 Å². The smallest absolute Gasteiger partial charge is 0.277 e. The molecule has 4 heterocycles. The third-order valence-electron chi connectivity index (χ3n) is 4.85. The van der Waals surface area contributed by atoms with Gasteiger partial charge in [0.1, 0.15) is 5.82 Å². The van der Waals surface area contributed by atoms with E-state index in [9.17, 15) is 4.79 Å². The van der Waals surface area contributed by atoms with Gasteiger partial charge in [0.2, 0.25) is 0 Å². The molecule has 1 aliphatic heterocycles. The minimum absolute atomic E-state index is 0.231. The Morgan fingerprint density at radius 1 is 1.20 bits per heavy atom. The highest BCUT2D eigenvalue weighted by atomic mass is 16.2. The molecule has 3 aromatic rings. The van der Waals surface area contributed by atoms with E-state index in [1.54, 1.807) is 0 Å². The maximum Gasteiger partial charge on any atom is 0.277 e. The Morgan fingerprint density at radius 2 is 2.00 bits per heavy atom. The van der Waals surface area contributed by atoms with Gasteiger partial charge in [0, 0.05) is 18.5 Å². The van der Waals surface area contributed by atoms with E-state index in [0.29, 0.717) is 17.6 Å². The van der Waals surface area contributed by atoms with Crippen LogP contribution in [0.2, 0.25) is 0 Å². The molecule has 7 nitrogen and oxygen atoms in total. The van der Waals surface area contributed by atoms with Crippen LogP contribution in [-0.4, -0.2) is 50.1 Å². The van der Waals surface area contributed by atoms with E-state index in [1.165, 1.54) is 0 Å². The fourth-order valence-corrected chi connectivity index (χ4v) is 3.40. The number of nitrogens with zero attached hydrogens (tertiary/aromatic N) is 5. The highest BCUT2D eigenvalue weighted by molar-refractivity contribution is 6.07. The van der Waals surface area contributed by atoms with Crippen LogP contribution in [-0.2, 0) is 0 Å². The van der Waals surface area contributed by atoms with Gasteiger partial charge in [-0.2, -0.15) is 5.10 Å². The summed E-state index contributed by atoms with van der Waals surface area (Å²) in [6.45, 7) is 4.04. The molecular weight excluding hydrogens is 316 g/mol. The van der Waals surface area contributed by atoms with Crippen LogP contribution >= 0.6 is 0 Å². The molecule has 0 aliphatic carbocycles. The molecular formula is C18H22N6O. The highest BCUT2D eigenvalue weighted by Crippen LogP contribution is 2.22. The van der Waals surface area contributed by atoms with Crippen LogP contribution in [0.25, 0.3) is 5.52 Å². The number of rotatable bonds is 3. The number of aromatic nitrogens is 4. The number of nitrogens with one attached hydrogen (secondary N) is 1. The second-order valence-electron chi connectivity index (χ2n) is 6.63. The summed E-state index contributed by atoms with van der Waals surface area (Å²) >= 11 is 0. The second-order valence-corrected chi connectivity index (χ2v) is 6.63. The summed E-state index contributed by atoms with van der Waals surface area (Å²) in [5.74, 6) is 1.13. The molecule has 0 atom stereocenters. The number of anilines is 1. The minimum atomic E-state index is -0.231. The molecule has 0 saturated carbocycles. The number of carbonyl (C=O) groups is 1. The minimum Gasteiger partial charge on any atom is -0.306 e. The number of hydrogen-bond donors (Lipinski definition) is 1. The van der Waals surface area contributed by atoms with Crippen molar-refractivity contribution in [2.24, 2.45) is 0 Å². The summed E-state index contributed by atoms with van der Waals surface area (Å²) in [6.07, 6.45) is 6.01. The first-order chi connectivity index (χ1) is 12.1. The fourth-order valence-electron chi connectivity index (χ4n) is 3.40. The molecule has 7 heteroatoms. The monoisotopic (exact) mass is 338 g/mol. The van der Waals surface area contributed by atoms with Gasteiger partial charge in [-0.15, -0.1) is 0 Å². The number of pyridine rings is 1. The lowest BCUT2D eigenvalue weighted by atomic mass is 10.1. The standard InChI is InChI=1S/C18H22N6O/c1-13-19-17(15-5-3-4-9-23(13)15)18(25)20-16-8-12-24(21-16)14-6-10-22(2)11-7-14/h3-5,8-9,12,14H,6-7,10-11H2,1-2H3,(H,20,21,25). The second kappa shape index (κ2) is 6.33. The predicted molar refractivity (Wildman–Crippen MR) is 95.9 cm³/mol. The van der Waals surface area contributed by atoms with Gasteiger partial charge in [-0.05, 0) is 52.0 Å². The fraction of sp³-hybridized carbons (Fsp3) is 0.389. The van der Waals surface area contributed by atoms with Crippen molar-refractivity contribution in [3.8, 4) is 0 Å². The van der Waals surface area contributed by atoms with Crippen LogP contribution < -0.4 is 5.32 Å². The third kappa shape index (κ3) is 3.02. The number of piperidine rings is 1. The number of hydrogen-bond acceptors (Lipinski definition) is 4. The van der Waals surface area contributed by atoms with Crippen LogP contribution in [0, 0.1) is 6.92 Å². The topological polar surface area (TPSA) is 67.5 Å². The quantitative estimate of drug-likeness (QED) is 0.796. The van der Waals surface area contributed by atoms with Crippen molar-refractivity contribution in [2.45, 2.75) is 25.8 Å². The highest BCUT2D eigenvalue weighted by Gasteiger charge is 2.20. The zero-order chi connectivity index (χ0) is 17.4. The van der Waals surface area contributed by atoms with E-state index >= 15 is 0 Å². The van der Waals surface area contributed by atoms with Crippen LogP contribution in [0.4, 0.5) is 5.82 Å². The summed E-state index contributed by atoms with van der Waals surface area (Å²) in [5, 5.41) is 7.42. The average molecular weight is 338 g/mol. The molecule has 0 aromatic carbocycles. The van der Waals surface area contributed by atoms with E-state index < -0.39 is 0 Å². The Kier molecular flexibility index (Phi) is 4.01. The largest absolute Gasteiger partial charge is 0.306 e. The molecule has 130 valence electrons. The molecule has 1 aliphatic rings. The first kappa shape index (κ1) is 15.8. The molecule has 25 heavy (non-hydrogen) atoms. The molecule has 1 saturated heterocycles. The maximum absolute atomic E-state index is 12.6. The zero-order valence-electron chi connectivity index (χ0n) is 14.5. The van der Waals surface area contributed by atoms with Gasteiger partial charge in [0.05, 0.1) is 11.6 Å². The van der Waals surface area contributed by atoms with E-state index in [4.69, 9.17) is 0 Å². The Bertz CT molecular complexity index is 903. The predicted octanol–water partition coefficient (Wildman–Crippen LogP) is 2.36. The van der Waals surface area contributed by atoms with E-state index in [-0.39, 0.29) is 5.91 Å². The molecule has 0 spiro atoms. The lowest BCUT2D eigenvalue weighted by Gasteiger charge is -2.28. The van der Waals surface area contributed by atoms with E-state index in [2.05, 4.69) is 27.3 Å². The lowest BCUT2D eigenvalue weighted by Crippen LogP contribution is -2.31. The number of amides is 1. The lowest BCUT2D eigenvalue weighted by molar-refractivity contribution is 0.102. The van der Waals surface area contributed by atoms with Gasteiger partial charge < -0.3 is 14.6 Å². The average Bonchev–Trinajstić information content (AvgIpc) is 3.21. The number of fused-ring (bicyclic) bond motifs is 1. The Labute approximate surface area is 146 Å². The number of imidazole rings is 1. The van der Waals surface area contributed by atoms with Gasteiger partial charge in [-0.1, -0.05) is 6.07 Å². The Balaban J connectivity index is 1.51. The van der Waals surface area contributed by atoms with Crippen LogP contribution in [0.5, 0.6) is 0 Å². The normalized spacial score (nSPS) is 16.4. The first-order valence-electron chi connectivity index (χ1n) is 8.60. The van der Waals surface area contributed by atoms with Crippen molar-refractivity contribution in [3.63, 3.8) is 0 Å². The first-order valence-corrected chi connectivity index (χ1v) is 8.60. The van der Waals surface area contributed by atoms with Crippen LogP contribution in [0.1, 0.15) is 35.2 Å². The molecule has 0 unspecified atom stereocenters. The molecule has 4 rings (SSSR count). The van der Waals surface area contributed by atoms with Crippen LogP contribution in [0.15, 0.2) is 36.7 Å². The number of aryl methyl sites for hydroxylation is 1. The summed E-state index contributed by atoms with van der Waals surface area (Å²) in [6, 6.07) is 7.97. The molecule has 1 N–H and O–H groups in total. The van der Waals surface area contributed by atoms with Crippen molar-refractivity contribution in [1.82, 2.24) is 24.1 Å². The Hall–Kier alpha value is -2.67. The maximum atomic E-state index is 12.6. The Morgan fingerprint density at radius 3 is 2.80 bits per heavy atom. The summed E-state index contributed by atoms with van der Waals surface area (Å²) in [5.41, 5.74) is 1.22. The van der Waals surface area contributed by atoms with Gasteiger partial charge in [0.15, 0.2) is 11.5 Å². The molecule has 0 radical (unpaired) electrons. The summed E-state index contributed by atoms with van der Waals surface area (Å²) < 4.78 is 3.88. The van der Waals surface area contributed by atoms with Crippen molar-refractivity contribution in [1.29, 1.82) is 0 Å². The number of likely N-dealkylation sites (tertiary alicyclic amines) is 1. The van der Waals surface area contributed by atoms with E-state index in [1.807, 2.05) is 52.7 Å². The zero-order valence-corrected chi connectivity index (χ0v) is 14.5. The molecule has 0 bridgehead atoms. The molecule has 1 amide bonds. The van der Waals surface area contributed by atoms with Gasteiger partial charge in [-0.25, -0.2) is 4.98 Å². The summed E-state index contributed by atoms with van der Waals surface area (Å²) in [7, 11) is 2.14. The number of carbonyl (C=O) groups excluding carboxylic acids is 1. The molecule has 1 fully saturated rings. The molecule has 3 aromatic heterocycles. The van der Waals surface area contributed by atoms with Crippen molar-refractivity contribution in [3.05, 3.63) is 48.2 Å². The van der Waals surface area contributed by atoms with Gasteiger partial charge >= 0.3 is 0 Å². The third-order valence-corrected chi connectivity index (χ3v) is 4.85. The SMILES string of the molecule is Cc1nc(C(=O)Nc2ccn(C3CCN(C)CC3)n2)c2ccccn12. The summed E-state index contributed by atoms with van der Waals surface area (Å²) in [4.78, 5) is 19.4. The van der Waals surface area contributed by atoms with E-state index in [0.717, 1.165) is 37.3 Å². The van der Waals surface area contributed by atoms with Crippen molar-refractivity contribution >= 4 is 17.2 Å². The van der Waals surface area contributed by atoms with Crippen LogP contribution in [0.3, 0.4) is 0 Å². The van der Waals surface area contributed by atoms with Crippen molar-refractivity contribution in [2.75, 3.05) is 25.5 Å². The van der Waals surface area contributed by atoms with Crippen molar-refractivity contribution < 1.29 is 4.79 Å². The van der Waals surface area contributed by atoms with Gasteiger partial charge in [-0.3, -0.25) is 9.48 Å².